The van der Waals surface area contributed by atoms with Crippen molar-refractivity contribution in [2.24, 2.45) is 5.10 Å². The molecule has 0 aliphatic rings. The van der Waals surface area contributed by atoms with E-state index in [1.165, 1.54) is 20.4 Å². The monoisotopic (exact) mass is 571 g/mol. The highest BCUT2D eigenvalue weighted by Gasteiger charge is 2.34. The topological polar surface area (TPSA) is 97.3 Å². The van der Waals surface area contributed by atoms with Gasteiger partial charge in [0.1, 0.15) is 6.54 Å². The first-order valence-corrected chi connectivity index (χ1v) is 11.9. The summed E-state index contributed by atoms with van der Waals surface area (Å²) in [5.41, 5.74) is 1.03. The summed E-state index contributed by atoms with van der Waals surface area (Å²) in [6.45, 7) is -0.815. The Morgan fingerprint density at radius 1 is 1.24 bits per heavy atom. The van der Waals surface area contributed by atoms with Gasteiger partial charge in [-0.2, -0.15) is 18.3 Å². The molecule has 0 saturated carbocycles. The van der Waals surface area contributed by atoms with E-state index < -0.39 is 39.2 Å². The normalized spacial score (nSPS) is 12.0. The van der Waals surface area contributed by atoms with Crippen molar-refractivity contribution in [1.82, 2.24) is 5.43 Å². The fourth-order valence-corrected chi connectivity index (χ4v) is 4.34. The number of benzene rings is 2. The van der Waals surface area contributed by atoms with Gasteiger partial charge in [-0.3, -0.25) is 9.10 Å². The van der Waals surface area contributed by atoms with Gasteiger partial charge < -0.3 is 9.47 Å². The number of hydrogen-bond donors (Lipinski definition) is 1. The van der Waals surface area contributed by atoms with Gasteiger partial charge in [-0.05, 0) is 51.8 Å². The number of hydrazone groups is 1. The van der Waals surface area contributed by atoms with E-state index in [4.69, 9.17) is 21.1 Å². The number of ether oxygens (including phenoxy) is 2. The average Bonchev–Trinajstić information content (AvgIpc) is 2.70. The van der Waals surface area contributed by atoms with Crippen molar-refractivity contribution in [3.8, 4) is 11.5 Å². The van der Waals surface area contributed by atoms with Crippen LogP contribution in [0.4, 0.5) is 18.9 Å². The lowest BCUT2D eigenvalue weighted by atomic mass is 10.2. The standard InChI is InChI=1S/C19H18BrClF3N3O5S/c1-31-16-7-11(6-14(20)18(16)32-2)9-25-26-17(28)10-27(33(3,29)30)12-4-5-15(21)13(8-12)19(22,23)24/h4-9H,10H2,1-3H3,(H,26,28)/b25-9-. The highest BCUT2D eigenvalue weighted by atomic mass is 79.9. The number of carbonyl (C=O) groups excluding carboxylic acids is 1. The highest BCUT2D eigenvalue weighted by molar-refractivity contribution is 9.10. The lowest BCUT2D eigenvalue weighted by Crippen LogP contribution is -2.39. The minimum atomic E-state index is -4.81. The van der Waals surface area contributed by atoms with Crippen LogP contribution < -0.4 is 19.2 Å². The maximum Gasteiger partial charge on any atom is 0.417 e. The molecule has 0 aliphatic heterocycles. The Balaban J connectivity index is 2.22. The SMILES string of the molecule is COc1cc(/C=N\NC(=O)CN(c2ccc(Cl)c(C(F)(F)F)c2)S(C)(=O)=O)cc(Br)c1OC. The molecule has 33 heavy (non-hydrogen) atoms. The maximum atomic E-state index is 13.1. The minimum Gasteiger partial charge on any atom is -0.493 e. The third-order valence-electron chi connectivity index (χ3n) is 4.09. The molecule has 0 fully saturated rings. The maximum absolute atomic E-state index is 13.1. The molecule has 2 rings (SSSR count). The van der Waals surface area contributed by atoms with E-state index >= 15 is 0 Å². The molecule has 1 amide bonds. The zero-order valence-electron chi connectivity index (χ0n) is 17.4. The number of nitrogens with one attached hydrogen (secondary N) is 1. The Morgan fingerprint density at radius 2 is 1.91 bits per heavy atom. The van der Waals surface area contributed by atoms with Crippen LogP contribution in [0.15, 0.2) is 39.9 Å². The number of amides is 1. The number of methoxy groups -OCH3 is 2. The first kappa shape index (κ1) is 26.7. The first-order chi connectivity index (χ1) is 15.3. The van der Waals surface area contributed by atoms with Gasteiger partial charge in [0.2, 0.25) is 10.0 Å². The molecule has 1 N–H and O–H groups in total. The average molecular weight is 573 g/mol. The molecule has 0 unspecified atom stereocenters. The third kappa shape index (κ3) is 6.98. The number of halogens is 5. The molecule has 0 radical (unpaired) electrons. The van der Waals surface area contributed by atoms with Gasteiger partial charge in [0.25, 0.3) is 5.91 Å². The van der Waals surface area contributed by atoms with Crippen LogP contribution in [-0.4, -0.2) is 47.6 Å². The summed E-state index contributed by atoms with van der Waals surface area (Å²) < 4.78 is 75.2. The van der Waals surface area contributed by atoms with E-state index in [1.807, 2.05) is 0 Å². The van der Waals surface area contributed by atoms with Crippen molar-refractivity contribution in [2.45, 2.75) is 6.18 Å². The van der Waals surface area contributed by atoms with Crippen molar-refractivity contribution in [3.05, 3.63) is 51.0 Å². The summed E-state index contributed by atoms with van der Waals surface area (Å²) in [5.74, 6) is -0.0468. The Kier molecular flexibility index (Phi) is 8.60. The molecule has 180 valence electrons. The van der Waals surface area contributed by atoms with Crippen molar-refractivity contribution in [1.29, 1.82) is 0 Å². The number of anilines is 1. The molecule has 2 aromatic carbocycles. The zero-order chi connectivity index (χ0) is 25.0. The van der Waals surface area contributed by atoms with Crippen LogP contribution in [0.2, 0.25) is 5.02 Å². The minimum absolute atomic E-state index is 0.378. The van der Waals surface area contributed by atoms with Crippen molar-refractivity contribution in [2.75, 3.05) is 31.3 Å². The molecule has 0 aromatic heterocycles. The molecule has 8 nitrogen and oxygen atoms in total. The van der Waals surface area contributed by atoms with Crippen LogP contribution in [0.5, 0.6) is 11.5 Å². The molecular formula is C19H18BrClF3N3O5S. The number of sulfonamides is 1. The van der Waals surface area contributed by atoms with E-state index in [-0.39, 0.29) is 5.69 Å². The number of nitrogens with zero attached hydrogens (tertiary/aromatic N) is 2. The van der Waals surface area contributed by atoms with Crippen LogP contribution in [-0.2, 0) is 21.0 Å². The Bertz CT molecular complexity index is 1180. The molecule has 0 aliphatic carbocycles. The molecular weight excluding hydrogens is 555 g/mol. The molecule has 0 saturated heterocycles. The van der Waals surface area contributed by atoms with E-state index in [1.54, 1.807) is 12.1 Å². The van der Waals surface area contributed by atoms with Gasteiger partial charge in [-0.15, -0.1) is 0 Å². The second kappa shape index (κ2) is 10.6. The summed E-state index contributed by atoms with van der Waals surface area (Å²) in [5, 5.41) is 3.15. The van der Waals surface area contributed by atoms with Gasteiger partial charge in [0.15, 0.2) is 11.5 Å². The zero-order valence-corrected chi connectivity index (χ0v) is 20.6. The second-order valence-corrected chi connectivity index (χ2v) is 9.63. The number of rotatable bonds is 8. The number of hydrogen-bond acceptors (Lipinski definition) is 6. The lowest BCUT2D eigenvalue weighted by molar-refractivity contribution is -0.137. The quantitative estimate of drug-likeness (QED) is 0.380. The highest BCUT2D eigenvalue weighted by Crippen LogP contribution is 2.37. The van der Waals surface area contributed by atoms with Crippen LogP contribution >= 0.6 is 27.5 Å². The van der Waals surface area contributed by atoms with Gasteiger partial charge in [0, 0.05) is 0 Å². The van der Waals surface area contributed by atoms with Crippen molar-refractivity contribution >= 4 is 55.4 Å². The molecule has 0 atom stereocenters. The van der Waals surface area contributed by atoms with Crippen LogP contribution in [0.25, 0.3) is 0 Å². The summed E-state index contributed by atoms with van der Waals surface area (Å²) >= 11 is 8.89. The van der Waals surface area contributed by atoms with E-state index in [0.717, 1.165) is 18.4 Å². The van der Waals surface area contributed by atoms with E-state index in [2.05, 4.69) is 26.5 Å². The predicted molar refractivity (Wildman–Crippen MR) is 122 cm³/mol. The molecule has 14 heteroatoms. The Labute approximate surface area is 201 Å². The molecule has 0 heterocycles. The fourth-order valence-electron chi connectivity index (χ4n) is 2.64. The largest absolute Gasteiger partial charge is 0.493 e. The van der Waals surface area contributed by atoms with E-state index in [0.29, 0.717) is 31.9 Å². The predicted octanol–water partition coefficient (Wildman–Crippen LogP) is 4.05. The summed E-state index contributed by atoms with van der Waals surface area (Å²) in [6.07, 6.45) is -2.79. The lowest BCUT2D eigenvalue weighted by Gasteiger charge is -2.22. The number of alkyl halides is 3. The summed E-state index contributed by atoms with van der Waals surface area (Å²) in [4.78, 5) is 12.3. The van der Waals surface area contributed by atoms with Gasteiger partial charge >= 0.3 is 6.18 Å². The number of carbonyl (C=O) groups is 1. The van der Waals surface area contributed by atoms with Crippen molar-refractivity contribution < 1.29 is 35.9 Å². The van der Waals surface area contributed by atoms with Crippen LogP contribution in [0.1, 0.15) is 11.1 Å². The second-order valence-electron chi connectivity index (χ2n) is 6.46. The van der Waals surface area contributed by atoms with E-state index in [9.17, 15) is 26.4 Å². The molecule has 0 bridgehead atoms. The fraction of sp³-hybridized carbons (Fsp3) is 0.263. The van der Waals surface area contributed by atoms with Gasteiger partial charge in [-0.1, -0.05) is 11.6 Å². The molecule has 0 spiro atoms. The summed E-state index contributed by atoms with van der Waals surface area (Å²) in [7, 11) is -1.22. The first-order valence-electron chi connectivity index (χ1n) is 8.85. The third-order valence-corrected chi connectivity index (χ3v) is 6.15. The van der Waals surface area contributed by atoms with Gasteiger partial charge in [0.05, 0.1) is 47.4 Å². The van der Waals surface area contributed by atoms with Crippen LogP contribution in [0.3, 0.4) is 0 Å². The van der Waals surface area contributed by atoms with Crippen LogP contribution in [0, 0.1) is 0 Å². The summed E-state index contributed by atoms with van der Waals surface area (Å²) in [6, 6.07) is 5.74. The Morgan fingerprint density at radius 3 is 2.45 bits per heavy atom. The van der Waals surface area contributed by atoms with Gasteiger partial charge in [-0.25, -0.2) is 13.8 Å². The Hall–Kier alpha value is -2.51. The van der Waals surface area contributed by atoms with Crippen molar-refractivity contribution in [3.63, 3.8) is 0 Å². The smallest absolute Gasteiger partial charge is 0.417 e. The molecule has 2 aromatic rings.